The molecule has 0 bridgehead atoms. The maximum Gasteiger partial charge on any atom is 0.491 e. The third-order valence-corrected chi connectivity index (χ3v) is 13.4. The van der Waals surface area contributed by atoms with Gasteiger partial charge in [-0.1, -0.05) is 122 Å². The number of alkyl halides is 3. The molecule has 0 aliphatic carbocycles. The Morgan fingerprint density at radius 2 is 0.755 bits per heavy atom. The first-order chi connectivity index (χ1) is 44.1. The zero-order valence-corrected chi connectivity index (χ0v) is 50.7. The molecule has 10 aromatic carbocycles. The molecule has 486 valence electrons. The van der Waals surface area contributed by atoms with Gasteiger partial charge in [-0.05, 0) is 168 Å². The van der Waals surface area contributed by atoms with Crippen LogP contribution in [0.5, 0.6) is 46.0 Å². The van der Waals surface area contributed by atoms with Crippen molar-refractivity contribution >= 4 is 74.3 Å². The van der Waals surface area contributed by atoms with Crippen molar-refractivity contribution in [2.45, 2.75) is 47.8 Å². The fourth-order valence-corrected chi connectivity index (χ4v) is 8.89. The fraction of sp³-hybridized carbons (Fsp3) is 0.104. The maximum atomic E-state index is 13.5. The standard InChI is InChI=1S/C14H14BFO.C14H15BO4.C13H9BF4O3.C13H12BFO3.C12H9BClFO3.CH4/c1-10-8-12(6-7-14(10)15(2)17)11-4-3-5-13(16)9-11;1-10-3-2-4-12(7-10)19-13-5-6-14(15(17)18)11(8-13)9-16;15-8-2-1-3-9(6-8)21-10-4-5-12(14(19)20)11(7-10)13(16,17)18;1-9-3-2-4-10(7-9)18-11-5-6-12(14(16)17)13(15)8-11;14-12-7-10(4-5-11(12)13(16)17)18-9-3-1-2-8(15)6-9;/h3-9,17H,1-2H3;2-8,16-18H,9H2,1H3;1-7,19-20H;2-8,16-17H,1H3;1-7,16-17H;1H4. The number of hydrogen-bond donors (Lipinski definition) is 10. The lowest BCUT2D eigenvalue weighted by molar-refractivity contribution is -0.137. The van der Waals surface area contributed by atoms with Crippen LogP contribution in [-0.2, 0) is 12.8 Å². The van der Waals surface area contributed by atoms with E-state index in [1.54, 1.807) is 37.2 Å². The van der Waals surface area contributed by atoms with Gasteiger partial charge < -0.3 is 69.3 Å². The van der Waals surface area contributed by atoms with Crippen LogP contribution < -0.4 is 46.3 Å². The van der Waals surface area contributed by atoms with Gasteiger partial charge in [-0.3, -0.25) is 0 Å². The monoisotopic (exact) mass is 1310 g/mol. The Labute approximate surface area is 545 Å². The van der Waals surface area contributed by atoms with Crippen LogP contribution in [0, 0.1) is 44.0 Å². The van der Waals surface area contributed by atoms with Gasteiger partial charge in [0, 0.05) is 34.1 Å². The SMILES string of the molecule is C.CB(O)c1ccc(-c2cccc(F)c2)cc1C.Cc1cccc(Oc2ccc(B(O)O)c(CO)c2)c1.Cc1cccc(Oc2ccc(B(O)O)c(F)c2)c1.OB(O)c1ccc(Oc2cccc(F)c2)cc1C(F)(F)F.OB(O)c1ccc(Oc2cccc(F)c2)cc1Cl. The van der Waals surface area contributed by atoms with E-state index >= 15 is 0 Å². The molecule has 0 heterocycles. The topological polar surface area (TPSA) is 239 Å². The molecule has 0 radical (unpaired) electrons. The summed E-state index contributed by atoms with van der Waals surface area (Å²) >= 11 is 5.85. The first-order valence-electron chi connectivity index (χ1n) is 28.0. The van der Waals surface area contributed by atoms with Crippen molar-refractivity contribution in [3.05, 3.63) is 268 Å². The van der Waals surface area contributed by atoms with Gasteiger partial charge in [0.05, 0.1) is 12.2 Å². The van der Waals surface area contributed by atoms with Gasteiger partial charge in [-0.2, -0.15) is 13.2 Å². The van der Waals surface area contributed by atoms with Crippen LogP contribution in [0.2, 0.25) is 11.8 Å². The Morgan fingerprint density at radius 3 is 1.16 bits per heavy atom. The smallest absolute Gasteiger partial charge is 0.457 e. The quantitative estimate of drug-likeness (QED) is 0.0340. The van der Waals surface area contributed by atoms with Crippen LogP contribution >= 0.6 is 11.6 Å². The van der Waals surface area contributed by atoms with Crippen molar-refractivity contribution in [2.24, 2.45) is 0 Å². The highest BCUT2D eigenvalue weighted by Crippen LogP contribution is 2.33. The third kappa shape index (κ3) is 23.6. The van der Waals surface area contributed by atoms with Crippen molar-refractivity contribution in [1.82, 2.24) is 0 Å². The molecular weight excluding hydrogens is 1250 g/mol. The fourth-order valence-electron chi connectivity index (χ4n) is 8.62. The molecular formula is C67H63B5ClF7O14. The number of aliphatic hydroxyl groups excluding tert-OH is 1. The average Bonchev–Trinajstić information content (AvgIpc) is 0.836. The molecule has 0 aliphatic rings. The summed E-state index contributed by atoms with van der Waals surface area (Å²) < 4.78 is 113. The highest BCUT2D eigenvalue weighted by atomic mass is 35.5. The minimum atomic E-state index is -4.78. The third-order valence-electron chi connectivity index (χ3n) is 13.1. The summed E-state index contributed by atoms with van der Waals surface area (Å²) in [5.41, 5.74) is 4.66. The average molecular weight is 1310 g/mol. The Balaban J connectivity index is 0.000000213. The van der Waals surface area contributed by atoms with Crippen molar-refractivity contribution < 1.29 is 100 Å². The molecule has 0 unspecified atom stereocenters. The van der Waals surface area contributed by atoms with Crippen molar-refractivity contribution in [1.29, 1.82) is 0 Å². The van der Waals surface area contributed by atoms with Crippen LogP contribution in [0.15, 0.2) is 212 Å². The second kappa shape index (κ2) is 36.0. The van der Waals surface area contributed by atoms with Crippen LogP contribution in [-0.4, -0.2) is 85.7 Å². The zero-order chi connectivity index (χ0) is 68.1. The molecule has 0 aromatic heterocycles. The molecule has 0 saturated carbocycles. The molecule has 10 aromatic rings. The minimum absolute atomic E-state index is 0. The lowest BCUT2D eigenvalue weighted by Crippen LogP contribution is -2.35. The van der Waals surface area contributed by atoms with E-state index in [4.69, 9.17) is 70.7 Å². The summed E-state index contributed by atoms with van der Waals surface area (Å²) in [6.07, 6.45) is -4.78. The summed E-state index contributed by atoms with van der Waals surface area (Å²) in [5, 5.41) is 90.9. The van der Waals surface area contributed by atoms with Crippen LogP contribution in [0.1, 0.15) is 35.2 Å². The number of aliphatic hydroxyl groups is 1. The predicted molar refractivity (Wildman–Crippen MR) is 353 cm³/mol. The molecule has 0 fully saturated rings. The van der Waals surface area contributed by atoms with Gasteiger partial charge in [0.1, 0.15) is 69.3 Å². The van der Waals surface area contributed by atoms with Crippen molar-refractivity contribution in [3.8, 4) is 57.1 Å². The molecule has 14 nitrogen and oxygen atoms in total. The van der Waals surface area contributed by atoms with E-state index in [-0.39, 0.29) is 52.8 Å². The van der Waals surface area contributed by atoms with E-state index < -0.39 is 70.0 Å². The lowest BCUT2D eigenvalue weighted by atomic mass is 9.62. The predicted octanol–water partition coefficient (Wildman–Crippen LogP) is 10.1. The zero-order valence-electron chi connectivity index (χ0n) is 49.9. The lowest BCUT2D eigenvalue weighted by Gasteiger charge is -2.14. The van der Waals surface area contributed by atoms with Crippen LogP contribution in [0.3, 0.4) is 0 Å². The van der Waals surface area contributed by atoms with Gasteiger partial charge >= 0.3 is 41.6 Å². The summed E-state index contributed by atoms with van der Waals surface area (Å²) in [6, 6.07) is 53.5. The molecule has 0 spiro atoms. The van der Waals surface area contributed by atoms with E-state index in [1.165, 1.54) is 84.9 Å². The van der Waals surface area contributed by atoms with Gasteiger partial charge in [-0.15, -0.1) is 0 Å². The molecule has 10 N–H and O–H groups in total. The summed E-state index contributed by atoms with van der Waals surface area (Å²) in [4.78, 5) is 0. The van der Waals surface area contributed by atoms with Crippen LogP contribution in [0.25, 0.3) is 11.1 Å². The largest absolute Gasteiger partial charge is 0.491 e. The first-order valence-corrected chi connectivity index (χ1v) is 28.3. The molecule has 27 heteroatoms. The van der Waals surface area contributed by atoms with Crippen molar-refractivity contribution in [2.75, 3.05) is 0 Å². The van der Waals surface area contributed by atoms with E-state index in [9.17, 15) is 40.9 Å². The number of ether oxygens (including phenoxy) is 4. The Kier molecular flexibility index (Phi) is 29.0. The highest BCUT2D eigenvalue weighted by molar-refractivity contribution is 6.65. The maximum absolute atomic E-state index is 13.5. The van der Waals surface area contributed by atoms with Crippen LogP contribution in [0.4, 0.5) is 30.7 Å². The Hall–Kier alpha value is -8.88. The van der Waals surface area contributed by atoms with E-state index in [0.717, 1.165) is 57.5 Å². The molecule has 0 atom stereocenters. The number of rotatable bonds is 15. The van der Waals surface area contributed by atoms with Crippen molar-refractivity contribution in [3.63, 3.8) is 0 Å². The molecule has 0 aliphatic heterocycles. The molecule has 10 rings (SSSR count). The Bertz CT molecular complexity index is 3980. The number of aryl methyl sites for hydroxylation is 3. The number of benzene rings is 10. The second-order valence-corrected chi connectivity index (χ2v) is 20.7. The molecule has 0 saturated heterocycles. The highest BCUT2D eigenvalue weighted by Gasteiger charge is 2.37. The van der Waals surface area contributed by atoms with Gasteiger partial charge in [-0.25, -0.2) is 17.6 Å². The minimum Gasteiger partial charge on any atom is -0.457 e. The number of hydrogen-bond acceptors (Lipinski definition) is 14. The first kappa shape index (κ1) is 75.8. The normalized spacial score (nSPS) is 10.4. The van der Waals surface area contributed by atoms with E-state index in [0.29, 0.717) is 46.1 Å². The van der Waals surface area contributed by atoms with E-state index in [1.807, 2.05) is 87.5 Å². The second-order valence-electron chi connectivity index (χ2n) is 20.3. The summed E-state index contributed by atoms with van der Waals surface area (Å²) in [6.45, 7) is 6.83. The number of halogens is 8. The van der Waals surface area contributed by atoms with E-state index in [2.05, 4.69) is 0 Å². The molecule has 94 heavy (non-hydrogen) atoms. The van der Waals surface area contributed by atoms with Gasteiger partial charge in [0.15, 0.2) is 0 Å². The summed E-state index contributed by atoms with van der Waals surface area (Å²) in [5.74, 6) is 0.757. The van der Waals surface area contributed by atoms with Gasteiger partial charge in [0.25, 0.3) is 0 Å². The molecule has 0 amide bonds. The summed E-state index contributed by atoms with van der Waals surface area (Å²) in [7, 11) is -7.32. The Morgan fingerprint density at radius 1 is 0.383 bits per heavy atom. The van der Waals surface area contributed by atoms with Gasteiger partial charge in [0.2, 0.25) is 0 Å².